The van der Waals surface area contributed by atoms with Crippen LogP contribution in [-0.2, 0) is 17.8 Å². The first kappa shape index (κ1) is 12.0. The van der Waals surface area contributed by atoms with Crippen molar-refractivity contribution in [3.8, 4) is 0 Å². The smallest absolute Gasteiger partial charge is 0.320 e. The third-order valence-corrected chi connectivity index (χ3v) is 2.97. The van der Waals surface area contributed by atoms with Crippen molar-refractivity contribution in [3.05, 3.63) is 11.7 Å². The Morgan fingerprint density at radius 3 is 3.18 bits per heavy atom. The van der Waals surface area contributed by atoms with Crippen molar-refractivity contribution in [1.29, 1.82) is 0 Å². The van der Waals surface area contributed by atoms with E-state index in [1.165, 1.54) is 0 Å². The SMILES string of the molecule is CCCc1nc(CN2CCCC2C(=O)O)no1. The zero-order valence-corrected chi connectivity index (χ0v) is 9.93. The van der Waals surface area contributed by atoms with Gasteiger partial charge in [0, 0.05) is 6.42 Å². The molecule has 2 rings (SSSR count). The van der Waals surface area contributed by atoms with Crippen LogP contribution in [0.2, 0.25) is 0 Å². The maximum Gasteiger partial charge on any atom is 0.320 e. The quantitative estimate of drug-likeness (QED) is 0.828. The summed E-state index contributed by atoms with van der Waals surface area (Å²) in [4.78, 5) is 17.1. The van der Waals surface area contributed by atoms with Crippen LogP contribution in [-0.4, -0.2) is 38.7 Å². The van der Waals surface area contributed by atoms with Gasteiger partial charge in [0.15, 0.2) is 5.82 Å². The van der Waals surface area contributed by atoms with Gasteiger partial charge in [-0.1, -0.05) is 12.1 Å². The Morgan fingerprint density at radius 1 is 1.65 bits per heavy atom. The molecule has 0 spiro atoms. The lowest BCUT2D eigenvalue weighted by molar-refractivity contribution is -0.142. The van der Waals surface area contributed by atoms with Crippen molar-refractivity contribution in [1.82, 2.24) is 15.0 Å². The van der Waals surface area contributed by atoms with Crippen LogP contribution in [0.3, 0.4) is 0 Å². The van der Waals surface area contributed by atoms with Gasteiger partial charge in [-0.3, -0.25) is 9.69 Å². The maximum absolute atomic E-state index is 11.0. The lowest BCUT2D eigenvalue weighted by Crippen LogP contribution is -2.35. The first-order valence-electron chi connectivity index (χ1n) is 5.99. The maximum atomic E-state index is 11.0. The minimum absolute atomic E-state index is 0.400. The van der Waals surface area contributed by atoms with E-state index in [0.29, 0.717) is 24.7 Å². The number of hydrogen-bond donors (Lipinski definition) is 1. The molecule has 0 aliphatic carbocycles. The first-order chi connectivity index (χ1) is 8.20. The monoisotopic (exact) mass is 239 g/mol. The van der Waals surface area contributed by atoms with Gasteiger partial charge in [0.1, 0.15) is 6.04 Å². The van der Waals surface area contributed by atoms with Crippen LogP contribution in [0.5, 0.6) is 0 Å². The van der Waals surface area contributed by atoms with Gasteiger partial charge < -0.3 is 9.63 Å². The number of carboxylic acids is 1. The van der Waals surface area contributed by atoms with Gasteiger partial charge in [0.05, 0.1) is 6.54 Å². The molecule has 1 aliphatic rings. The summed E-state index contributed by atoms with van der Waals surface area (Å²) in [5.74, 6) is 0.454. The van der Waals surface area contributed by atoms with Gasteiger partial charge in [0.2, 0.25) is 5.89 Å². The molecule has 17 heavy (non-hydrogen) atoms. The van der Waals surface area contributed by atoms with Crippen molar-refractivity contribution in [2.45, 2.75) is 45.2 Å². The fraction of sp³-hybridized carbons (Fsp3) is 0.727. The molecule has 1 aromatic heterocycles. The molecule has 1 fully saturated rings. The molecule has 1 N–H and O–H groups in total. The van der Waals surface area contributed by atoms with Crippen molar-refractivity contribution >= 4 is 5.97 Å². The lowest BCUT2D eigenvalue weighted by Gasteiger charge is -2.18. The highest BCUT2D eigenvalue weighted by molar-refractivity contribution is 5.73. The number of likely N-dealkylation sites (tertiary alicyclic amines) is 1. The van der Waals surface area contributed by atoms with Crippen LogP contribution in [0.25, 0.3) is 0 Å². The number of aromatic nitrogens is 2. The summed E-state index contributed by atoms with van der Waals surface area (Å²) in [6.07, 6.45) is 3.35. The van der Waals surface area contributed by atoms with E-state index in [2.05, 4.69) is 10.1 Å². The van der Waals surface area contributed by atoms with E-state index in [1.54, 1.807) is 0 Å². The minimum Gasteiger partial charge on any atom is -0.480 e. The van der Waals surface area contributed by atoms with Gasteiger partial charge in [-0.15, -0.1) is 0 Å². The summed E-state index contributed by atoms with van der Waals surface area (Å²) >= 11 is 0. The Labute approximate surface area is 99.6 Å². The van der Waals surface area contributed by atoms with E-state index in [0.717, 1.165) is 25.8 Å². The Hall–Kier alpha value is -1.43. The number of carbonyl (C=O) groups is 1. The molecular weight excluding hydrogens is 222 g/mol. The summed E-state index contributed by atoms with van der Waals surface area (Å²) < 4.78 is 5.08. The molecule has 0 saturated carbocycles. The van der Waals surface area contributed by atoms with Gasteiger partial charge in [-0.25, -0.2) is 0 Å². The fourth-order valence-electron chi connectivity index (χ4n) is 2.15. The molecule has 1 aromatic rings. The number of aliphatic carboxylic acids is 1. The summed E-state index contributed by atoms with van der Waals surface area (Å²) in [6.45, 7) is 3.30. The lowest BCUT2D eigenvalue weighted by atomic mass is 10.2. The second-order valence-corrected chi connectivity index (χ2v) is 4.32. The van der Waals surface area contributed by atoms with E-state index < -0.39 is 12.0 Å². The van der Waals surface area contributed by atoms with Crippen LogP contribution in [0.1, 0.15) is 37.9 Å². The average molecular weight is 239 g/mol. The van der Waals surface area contributed by atoms with E-state index in [4.69, 9.17) is 9.63 Å². The van der Waals surface area contributed by atoms with E-state index in [1.807, 2.05) is 11.8 Å². The highest BCUT2D eigenvalue weighted by Gasteiger charge is 2.31. The standard InChI is InChI=1S/C11H17N3O3/c1-2-4-10-12-9(13-17-10)7-14-6-3-5-8(14)11(15)16/h8H,2-7H2,1H3,(H,15,16). The Morgan fingerprint density at radius 2 is 2.47 bits per heavy atom. The summed E-state index contributed by atoms with van der Waals surface area (Å²) in [5, 5.41) is 12.9. The molecule has 0 radical (unpaired) electrons. The van der Waals surface area contributed by atoms with Crippen LogP contribution >= 0.6 is 0 Å². The molecule has 0 bridgehead atoms. The van der Waals surface area contributed by atoms with Crippen molar-refractivity contribution in [3.63, 3.8) is 0 Å². The molecule has 1 atom stereocenters. The summed E-state index contributed by atoms with van der Waals surface area (Å²) in [5.41, 5.74) is 0. The van der Waals surface area contributed by atoms with Gasteiger partial charge in [-0.2, -0.15) is 4.98 Å². The van der Waals surface area contributed by atoms with Gasteiger partial charge in [-0.05, 0) is 25.8 Å². The zero-order chi connectivity index (χ0) is 12.3. The normalized spacial score (nSPS) is 20.9. The molecule has 6 heteroatoms. The van der Waals surface area contributed by atoms with Gasteiger partial charge in [0.25, 0.3) is 0 Å². The van der Waals surface area contributed by atoms with Crippen LogP contribution < -0.4 is 0 Å². The Bertz CT molecular complexity index is 391. The molecular formula is C11H17N3O3. The van der Waals surface area contributed by atoms with Crippen LogP contribution in [0.4, 0.5) is 0 Å². The minimum atomic E-state index is -0.764. The van der Waals surface area contributed by atoms with Crippen molar-refractivity contribution in [2.75, 3.05) is 6.54 Å². The molecule has 1 saturated heterocycles. The number of aryl methyl sites for hydroxylation is 1. The molecule has 1 aliphatic heterocycles. The summed E-state index contributed by atoms with van der Waals surface area (Å²) in [7, 11) is 0. The predicted molar refractivity (Wildman–Crippen MR) is 59.4 cm³/mol. The molecule has 94 valence electrons. The largest absolute Gasteiger partial charge is 0.480 e. The van der Waals surface area contributed by atoms with Crippen molar-refractivity contribution in [2.24, 2.45) is 0 Å². The second kappa shape index (κ2) is 5.27. The average Bonchev–Trinajstić information content (AvgIpc) is 2.89. The van der Waals surface area contributed by atoms with Gasteiger partial charge >= 0.3 is 5.97 Å². The van der Waals surface area contributed by atoms with E-state index >= 15 is 0 Å². The third-order valence-electron chi connectivity index (χ3n) is 2.97. The fourth-order valence-corrected chi connectivity index (χ4v) is 2.15. The highest BCUT2D eigenvalue weighted by atomic mass is 16.5. The topological polar surface area (TPSA) is 79.5 Å². The van der Waals surface area contributed by atoms with E-state index in [-0.39, 0.29) is 0 Å². The number of carboxylic acid groups (broad SMARTS) is 1. The third kappa shape index (κ3) is 2.82. The molecule has 2 heterocycles. The van der Waals surface area contributed by atoms with Crippen molar-refractivity contribution < 1.29 is 14.4 Å². The number of nitrogens with zero attached hydrogens (tertiary/aromatic N) is 3. The predicted octanol–water partition coefficient (Wildman–Crippen LogP) is 1.07. The molecule has 6 nitrogen and oxygen atoms in total. The Balaban J connectivity index is 1.97. The molecule has 0 amide bonds. The highest BCUT2D eigenvalue weighted by Crippen LogP contribution is 2.19. The van der Waals surface area contributed by atoms with Crippen LogP contribution in [0, 0.1) is 0 Å². The Kier molecular flexibility index (Phi) is 3.73. The first-order valence-corrected chi connectivity index (χ1v) is 5.99. The van der Waals surface area contributed by atoms with E-state index in [9.17, 15) is 4.79 Å². The molecule has 0 aromatic carbocycles. The second-order valence-electron chi connectivity index (χ2n) is 4.32. The number of rotatable bonds is 5. The summed E-state index contributed by atoms with van der Waals surface area (Å²) in [6, 6.07) is -0.400. The number of hydrogen-bond acceptors (Lipinski definition) is 5. The zero-order valence-electron chi connectivity index (χ0n) is 9.93. The molecule has 1 unspecified atom stereocenters. The van der Waals surface area contributed by atoms with Crippen LogP contribution in [0.15, 0.2) is 4.52 Å².